The van der Waals surface area contributed by atoms with Crippen molar-refractivity contribution >= 4 is 23.7 Å². The molecule has 1 rings (SSSR count). The third-order valence-corrected chi connectivity index (χ3v) is 1.81. The van der Waals surface area contributed by atoms with E-state index in [0.717, 1.165) is 6.07 Å². The Bertz CT molecular complexity index is 374. The van der Waals surface area contributed by atoms with Crippen LogP contribution in [0.25, 0.3) is 0 Å². The molecule has 0 saturated heterocycles. The Hall–Kier alpha value is -1.22. The Balaban J connectivity index is 3.46. The summed E-state index contributed by atoms with van der Waals surface area (Å²) >= 11 is 5.51. The first kappa shape index (κ1) is 9.86. The molecule has 0 heterocycles. The predicted octanol–water partition coefficient (Wildman–Crippen LogP) is 2.49. The second-order valence-corrected chi connectivity index (χ2v) is 2.96. The molecule has 0 aliphatic carbocycles. The van der Waals surface area contributed by atoms with Crippen molar-refractivity contribution in [3.8, 4) is 0 Å². The van der Waals surface area contributed by atoms with Crippen molar-refractivity contribution in [3.63, 3.8) is 0 Å². The van der Waals surface area contributed by atoms with E-state index in [1.54, 1.807) is 0 Å². The number of aldehydes is 1. The van der Waals surface area contributed by atoms with Gasteiger partial charge in [0.1, 0.15) is 5.82 Å². The Morgan fingerprint density at radius 3 is 2.62 bits per heavy atom. The van der Waals surface area contributed by atoms with Gasteiger partial charge in [-0.05, 0) is 19.1 Å². The van der Waals surface area contributed by atoms with Crippen LogP contribution in [0.4, 0.5) is 4.39 Å². The van der Waals surface area contributed by atoms with Crippen LogP contribution in [-0.4, -0.2) is 12.1 Å². The van der Waals surface area contributed by atoms with E-state index < -0.39 is 5.82 Å². The highest BCUT2D eigenvalue weighted by atomic mass is 35.5. The number of halogens is 2. The van der Waals surface area contributed by atoms with Crippen molar-refractivity contribution in [1.29, 1.82) is 0 Å². The number of hydrogen-bond donors (Lipinski definition) is 0. The lowest BCUT2D eigenvalue weighted by Gasteiger charge is -2.02. The fourth-order valence-corrected chi connectivity index (χ4v) is 1.20. The maximum Gasteiger partial charge on any atom is 0.160 e. The normalized spacial score (nSPS) is 9.77. The van der Waals surface area contributed by atoms with Crippen LogP contribution in [-0.2, 0) is 0 Å². The number of carbonyl (C=O) groups excluding carboxylic acids is 2. The summed E-state index contributed by atoms with van der Waals surface area (Å²) in [4.78, 5) is 21.4. The zero-order valence-corrected chi connectivity index (χ0v) is 7.56. The lowest BCUT2D eigenvalue weighted by atomic mass is 10.1. The molecule has 0 atom stereocenters. The fourth-order valence-electron chi connectivity index (χ4n) is 0.996. The van der Waals surface area contributed by atoms with Gasteiger partial charge in [-0.1, -0.05) is 11.6 Å². The molecule has 0 aliphatic heterocycles. The highest BCUT2D eigenvalue weighted by Gasteiger charge is 2.12. The average Bonchev–Trinajstić information content (AvgIpc) is 2.02. The standard InChI is InChI=1S/C9H6ClFO2/c1-5(13)7-2-6(10)3-9(11)8(7)4-12/h2-4H,1H3. The van der Waals surface area contributed by atoms with Gasteiger partial charge in [-0.15, -0.1) is 0 Å². The predicted molar refractivity (Wildman–Crippen MR) is 46.8 cm³/mol. The quantitative estimate of drug-likeness (QED) is 0.543. The topological polar surface area (TPSA) is 34.1 Å². The van der Waals surface area contributed by atoms with E-state index in [4.69, 9.17) is 11.6 Å². The van der Waals surface area contributed by atoms with Crippen molar-refractivity contribution in [2.45, 2.75) is 6.92 Å². The molecule has 1 aromatic carbocycles. The van der Waals surface area contributed by atoms with Crippen LogP contribution in [0.15, 0.2) is 12.1 Å². The summed E-state index contributed by atoms with van der Waals surface area (Å²) in [5, 5.41) is 0.105. The van der Waals surface area contributed by atoms with Crippen molar-refractivity contribution in [3.05, 3.63) is 34.1 Å². The summed E-state index contributed by atoms with van der Waals surface area (Å²) < 4.78 is 13.0. The summed E-state index contributed by atoms with van der Waals surface area (Å²) in [6, 6.07) is 2.27. The van der Waals surface area contributed by atoms with E-state index in [-0.39, 0.29) is 21.9 Å². The molecule has 0 bridgehead atoms. The third-order valence-electron chi connectivity index (χ3n) is 1.59. The van der Waals surface area contributed by atoms with E-state index in [1.807, 2.05) is 0 Å². The summed E-state index contributed by atoms with van der Waals surface area (Å²) in [6.07, 6.45) is 0.308. The molecule has 0 aromatic heterocycles. The Kier molecular flexibility index (Phi) is 2.78. The van der Waals surface area contributed by atoms with Gasteiger partial charge in [0.05, 0.1) is 5.56 Å². The molecule has 2 nitrogen and oxygen atoms in total. The number of benzene rings is 1. The van der Waals surface area contributed by atoms with E-state index in [9.17, 15) is 14.0 Å². The molecule has 13 heavy (non-hydrogen) atoms. The lowest BCUT2D eigenvalue weighted by Crippen LogP contribution is -2.01. The lowest BCUT2D eigenvalue weighted by molar-refractivity contribution is 0.100. The molecule has 0 amide bonds. The summed E-state index contributed by atoms with van der Waals surface area (Å²) in [6.45, 7) is 1.25. The molecule has 0 unspecified atom stereocenters. The zero-order chi connectivity index (χ0) is 10.0. The maximum absolute atomic E-state index is 13.0. The largest absolute Gasteiger partial charge is 0.298 e. The molecule has 0 fully saturated rings. The minimum Gasteiger partial charge on any atom is -0.298 e. The first-order valence-corrected chi connectivity index (χ1v) is 3.89. The van der Waals surface area contributed by atoms with Crippen LogP contribution < -0.4 is 0 Å². The fraction of sp³-hybridized carbons (Fsp3) is 0.111. The van der Waals surface area contributed by atoms with Gasteiger partial charge < -0.3 is 0 Å². The first-order chi connectivity index (χ1) is 6.06. The minimum absolute atomic E-state index is 0.0139. The van der Waals surface area contributed by atoms with E-state index in [2.05, 4.69) is 0 Å². The molecule has 1 aromatic rings. The highest BCUT2D eigenvalue weighted by molar-refractivity contribution is 6.31. The smallest absolute Gasteiger partial charge is 0.160 e. The number of hydrogen-bond acceptors (Lipinski definition) is 2. The van der Waals surface area contributed by atoms with Crippen LogP contribution >= 0.6 is 11.6 Å². The van der Waals surface area contributed by atoms with Gasteiger partial charge in [-0.3, -0.25) is 9.59 Å². The second kappa shape index (κ2) is 3.66. The molecular formula is C9H6ClFO2. The van der Waals surface area contributed by atoms with Crippen LogP contribution in [0.2, 0.25) is 5.02 Å². The van der Waals surface area contributed by atoms with Crippen LogP contribution in [0.5, 0.6) is 0 Å². The number of carbonyl (C=O) groups is 2. The number of ketones is 1. The van der Waals surface area contributed by atoms with Crippen molar-refractivity contribution in [2.24, 2.45) is 0 Å². The molecule has 4 heteroatoms. The van der Waals surface area contributed by atoms with E-state index in [0.29, 0.717) is 6.29 Å². The minimum atomic E-state index is -0.771. The van der Waals surface area contributed by atoms with Crippen LogP contribution in [0, 0.1) is 5.82 Å². The number of rotatable bonds is 2. The van der Waals surface area contributed by atoms with Gasteiger partial charge in [0.25, 0.3) is 0 Å². The summed E-state index contributed by atoms with van der Waals surface area (Å²) in [5.41, 5.74) is -0.225. The second-order valence-electron chi connectivity index (χ2n) is 2.52. The van der Waals surface area contributed by atoms with Crippen molar-refractivity contribution in [1.82, 2.24) is 0 Å². The van der Waals surface area contributed by atoms with Gasteiger partial charge in [-0.2, -0.15) is 0 Å². The Labute approximate surface area is 79.3 Å². The summed E-state index contributed by atoms with van der Waals surface area (Å²) in [7, 11) is 0. The van der Waals surface area contributed by atoms with E-state index in [1.165, 1.54) is 13.0 Å². The SMILES string of the molecule is CC(=O)c1cc(Cl)cc(F)c1C=O. The van der Waals surface area contributed by atoms with Crippen molar-refractivity contribution in [2.75, 3.05) is 0 Å². The maximum atomic E-state index is 13.0. The van der Waals surface area contributed by atoms with Gasteiger partial charge in [-0.25, -0.2) is 4.39 Å². The molecular weight excluding hydrogens is 195 g/mol. The number of Topliss-reactive ketones (excluding diaryl/α,β-unsaturated/α-hetero) is 1. The highest BCUT2D eigenvalue weighted by Crippen LogP contribution is 2.19. The molecule has 0 spiro atoms. The average molecular weight is 201 g/mol. The van der Waals surface area contributed by atoms with Crippen LogP contribution in [0.3, 0.4) is 0 Å². The van der Waals surface area contributed by atoms with Gasteiger partial charge in [0, 0.05) is 10.6 Å². The van der Waals surface area contributed by atoms with Gasteiger partial charge in [0.2, 0.25) is 0 Å². The molecule has 0 N–H and O–H groups in total. The van der Waals surface area contributed by atoms with Crippen LogP contribution in [0.1, 0.15) is 27.6 Å². The molecule has 0 radical (unpaired) electrons. The Morgan fingerprint density at radius 2 is 2.15 bits per heavy atom. The van der Waals surface area contributed by atoms with Gasteiger partial charge in [0.15, 0.2) is 12.1 Å². The van der Waals surface area contributed by atoms with Gasteiger partial charge >= 0.3 is 0 Å². The Morgan fingerprint density at radius 1 is 1.54 bits per heavy atom. The molecule has 0 saturated carbocycles. The summed E-state index contributed by atoms with van der Waals surface area (Å²) in [5.74, 6) is -1.16. The molecule has 0 aliphatic rings. The van der Waals surface area contributed by atoms with E-state index >= 15 is 0 Å². The first-order valence-electron chi connectivity index (χ1n) is 3.51. The molecule has 68 valence electrons. The zero-order valence-electron chi connectivity index (χ0n) is 6.80. The third kappa shape index (κ3) is 1.92. The monoisotopic (exact) mass is 200 g/mol. The van der Waals surface area contributed by atoms with Crippen molar-refractivity contribution < 1.29 is 14.0 Å².